The monoisotopic (exact) mass is 236 g/mol. The van der Waals surface area contributed by atoms with Gasteiger partial charge in [0.05, 0.1) is 4.90 Å². The molecular weight excluding hydrogens is 220 g/mol. The van der Waals surface area contributed by atoms with E-state index in [0.29, 0.717) is 6.42 Å². The molecule has 1 rings (SSSR count). The third-order valence-corrected chi connectivity index (χ3v) is 3.50. The Bertz CT molecular complexity index is 487. The fraction of sp³-hybridized carbons (Fsp3) is 0.385. The van der Waals surface area contributed by atoms with Gasteiger partial charge >= 0.3 is 0 Å². The molecule has 0 radical (unpaired) electrons. The molecule has 0 atom stereocenters. The van der Waals surface area contributed by atoms with Crippen LogP contribution in [-0.4, -0.2) is 8.42 Å². The number of aryl methyl sites for hydroxylation is 1. The van der Waals surface area contributed by atoms with E-state index in [-0.39, 0.29) is 4.90 Å². The molecular formula is C13H16O2S. The Balaban J connectivity index is 2.84. The van der Waals surface area contributed by atoms with E-state index < -0.39 is 9.84 Å². The second-order valence-corrected chi connectivity index (χ2v) is 5.38. The molecule has 0 aromatic heterocycles. The Morgan fingerprint density at radius 3 is 2.38 bits per heavy atom. The van der Waals surface area contributed by atoms with Gasteiger partial charge in [0, 0.05) is 11.7 Å². The molecule has 0 amide bonds. The summed E-state index contributed by atoms with van der Waals surface area (Å²) < 4.78 is 23.5. The Hall–Kier alpha value is -1.27. The van der Waals surface area contributed by atoms with E-state index in [1.807, 2.05) is 6.92 Å². The lowest BCUT2D eigenvalue weighted by Crippen LogP contribution is -1.96. The highest BCUT2D eigenvalue weighted by molar-refractivity contribution is 7.96. The fourth-order valence-corrected chi connectivity index (χ4v) is 2.09. The summed E-state index contributed by atoms with van der Waals surface area (Å²) in [5, 5.41) is 2.35. The summed E-state index contributed by atoms with van der Waals surface area (Å²) in [5.74, 6) is 2.70. The molecule has 2 nitrogen and oxygen atoms in total. The maximum Gasteiger partial charge on any atom is 0.245 e. The number of hydrogen-bond acceptors (Lipinski definition) is 2. The highest BCUT2D eigenvalue weighted by atomic mass is 32.2. The number of rotatable bonds is 3. The highest BCUT2D eigenvalue weighted by Crippen LogP contribution is 2.11. The molecule has 0 unspecified atom stereocenters. The minimum Gasteiger partial charge on any atom is -0.210 e. The first-order valence-electron chi connectivity index (χ1n) is 5.37. The van der Waals surface area contributed by atoms with Crippen LogP contribution in [0.4, 0.5) is 0 Å². The maximum atomic E-state index is 11.7. The van der Waals surface area contributed by atoms with E-state index >= 15 is 0 Å². The quantitative estimate of drug-likeness (QED) is 0.459. The van der Waals surface area contributed by atoms with E-state index in [0.717, 1.165) is 18.4 Å². The number of unbranched alkanes of at least 4 members (excludes halogenated alkanes) is 2. The van der Waals surface area contributed by atoms with Crippen LogP contribution in [0.1, 0.15) is 31.7 Å². The largest absolute Gasteiger partial charge is 0.245 e. The van der Waals surface area contributed by atoms with Gasteiger partial charge in [-0.15, -0.1) is 0 Å². The van der Waals surface area contributed by atoms with E-state index in [9.17, 15) is 8.42 Å². The molecule has 0 saturated carbocycles. The summed E-state index contributed by atoms with van der Waals surface area (Å²) in [7, 11) is -3.42. The first-order valence-corrected chi connectivity index (χ1v) is 6.86. The van der Waals surface area contributed by atoms with Gasteiger partial charge in [0.2, 0.25) is 9.84 Å². The predicted molar refractivity (Wildman–Crippen MR) is 65.7 cm³/mol. The molecule has 0 heterocycles. The molecule has 0 saturated heterocycles. The van der Waals surface area contributed by atoms with E-state index in [4.69, 9.17) is 0 Å². The molecule has 0 aliphatic rings. The van der Waals surface area contributed by atoms with Gasteiger partial charge < -0.3 is 0 Å². The maximum absolute atomic E-state index is 11.7. The van der Waals surface area contributed by atoms with Crippen molar-refractivity contribution in [3.8, 4) is 11.2 Å². The van der Waals surface area contributed by atoms with Crippen molar-refractivity contribution in [1.29, 1.82) is 0 Å². The zero-order valence-electron chi connectivity index (χ0n) is 9.66. The summed E-state index contributed by atoms with van der Waals surface area (Å²) in [5.41, 5.74) is 1.04. The summed E-state index contributed by atoms with van der Waals surface area (Å²) in [6.07, 6.45) is 2.61. The van der Waals surface area contributed by atoms with Crippen LogP contribution in [0.2, 0.25) is 0 Å². The van der Waals surface area contributed by atoms with E-state index in [1.54, 1.807) is 24.3 Å². The zero-order valence-corrected chi connectivity index (χ0v) is 10.5. The first-order chi connectivity index (χ1) is 7.56. The van der Waals surface area contributed by atoms with Crippen molar-refractivity contribution in [2.24, 2.45) is 0 Å². The first kappa shape index (κ1) is 12.8. The van der Waals surface area contributed by atoms with Gasteiger partial charge in [0.25, 0.3) is 0 Å². The second kappa shape index (κ2) is 5.72. The molecule has 1 aromatic rings. The third-order valence-electron chi connectivity index (χ3n) is 2.19. The smallest absolute Gasteiger partial charge is 0.210 e. The van der Waals surface area contributed by atoms with Crippen LogP contribution in [0.3, 0.4) is 0 Å². The van der Waals surface area contributed by atoms with Gasteiger partial charge in [-0.2, -0.15) is 0 Å². The summed E-state index contributed by atoms with van der Waals surface area (Å²) >= 11 is 0. The molecule has 16 heavy (non-hydrogen) atoms. The number of sulfone groups is 1. The van der Waals surface area contributed by atoms with Crippen molar-refractivity contribution in [3.05, 3.63) is 29.8 Å². The van der Waals surface area contributed by atoms with Crippen LogP contribution in [-0.2, 0) is 9.84 Å². The van der Waals surface area contributed by atoms with Gasteiger partial charge in [0.15, 0.2) is 0 Å². The zero-order chi connectivity index (χ0) is 12.0. The van der Waals surface area contributed by atoms with Crippen molar-refractivity contribution < 1.29 is 8.42 Å². The van der Waals surface area contributed by atoms with Gasteiger partial charge in [-0.1, -0.05) is 37.0 Å². The molecule has 1 aromatic carbocycles. The average Bonchev–Trinajstić information content (AvgIpc) is 2.25. The Morgan fingerprint density at radius 2 is 1.81 bits per heavy atom. The normalized spacial score (nSPS) is 10.6. The Kier molecular flexibility index (Phi) is 4.57. The molecule has 0 spiro atoms. The van der Waals surface area contributed by atoms with Gasteiger partial charge in [-0.25, -0.2) is 8.42 Å². The van der Waals surface area contributed by atoms with Crippen LogP contribution in [0.25, 0.3) is 0 Å². The topological polar surface area (TPSA) is 34.1 Å². The van der Waals surface area contributed by atoms with Crippen LogP contribution in [0, 0.1) is 18.1 Å². The van der Waals surface area contributed by atoms with Crippen molar-refractivity contribution in [2.75, 3.05) is 0 Å². The van der Waals surface area contributed by atoms with E-state index in [2.05, 4.69) is 18.1 Å². The molecule has 0 bridgehead atoms. The minimum absolute atomic E-state index is 0.280. The van der Waals surface area contributed by atoms with Crippen LogP contribution < -0.4 is 0 Å². The standard InChI is InChI=1S/C13H16O2S/c1-3-4-5-6-11-16(14,15)13-9-7-12(2)8-10-13/h7-10H,3-5H2,1-2H3. The lowest BCUT2D eigenvalue weighted by atomic mass is 10.2. The Labute approximate surface area is 97.6 Å². The summed E-state index contributed by atoms with van der Waals surface area (Å²) in [6, 6.07) is 6.75. The molecule has 0 aliphatic heterocycles. The van der Waals surface area contributed by atoms with Crippen molar-refractivity contribution in [1.82, 2.24) is 0 Å². The average molecular weight is 236 g/mol. The van der Waals surface area contributed by atoms with Crippen molar-refractivity contribution >= 4 is 9.84 Å². The number of benzene rings is 1. The van der Waals surface area contributed by atoms with Crippen LogP contribution >= 0.6 is 0 Å². The van der Waals surface area contributed by atoms with E-state index in [1.165, 1.54) is 0 Å². The van der Waals surface area contributed by atoms with Gasteiger partial charge in [-0.3, -0.25) is 0 Å². The summed E-state index contributed by atoms with van der Waals surface area (Å²) in [4.78, 5) is 0.280. The molecule has 3 heteroatoms. The SMILES string of the molecule is CCCCC#CS(=O)(=O)c1ccc(C)cc1. The molecule has 0 N–H and O–H groups in total. The van der Waals surface area contributed by atoms with Crippen molar-refractivity contribution in [3.63, 3.8) is 0 Å². The summed E-state index contributed by atoms with van der Waals surface area (Å²) in [6.45, 7) is 3.97. The fourth-order valence-electron chi connectivity index (χ4n) is 1.19. The molecule has 86 valence electrons. The molecule has 0 aliphatic carbocycles. The molecule has 0 fully saturated rings. The predicted octanol–water partition coefficient (Wildman–Crippen LogP) is 2.92. The highest BCUT2D eigenvalue weighted by Gasteiger charge is 2.09. The Morgan fingerprint density at radius 1 is 1.19 bits per heavy atom. The van der Waals surface area contributed by atoms with Gasteiger partial charge in [0.1, 0.15) is 0 Å². The lowest BCUT2D eigenvalue weighted by Gasteiger charge is -1.97. The lowest BCUT2D eigenvalue weighted by molar-refractivity contribution is 0.606. The third kappa shape index (κ3) is 3.71. The van der Waals surface area contributed by atoms with Crippen LogP contribution in [0.15, 0.2) is 29.2 Å². The van der Waals surface area contributed by atoms with Crippen LogP contribution in [0.5, 0.6) is 0 Å². The number of hydrogen-bond donors (Lipinski definition) is 0. The van der Waals surface area contributed by atoms with Crippen molar-refractivity contribution in [2.45, 2.75) is 38.0 Å². The minimum atomic E-state index is -3.42. The second-order valence-electron chi connectivity index (χ2n) is 3.70. The van der Waals surface area contributed by atoms with Gasteiger partial charge in [-0.05, 0) is 25.5 Å².